The van der Waals surface area contributed by atoms with Gasteiger partial charge in [0.15, 0.2) is 0 Å². The predicted octanol–water partition coefficient (Wildman–Crippen LogP) is 2.27. The summed E-state index contributed by atoms with van der Waals surface area (Å²) >= 11 is 3.38. The molecule has 0 heterocycles. The molecule has 2 saturated carbocycles. The zero-order chi connectivity index (χ0) is 15.8. The Balaban J connectivity index is 0.000000311. The summed E-state index contributed by atoms with van der Waals surface area (Å²) < 4.78 is 0. The molecule has 0 aromatic heterocycles. The maximum Gasteiger partial charge on any atom is 0.0431 e. The molecule has 2 aliphatic carbocycles. The van der Waals surface area contributed by atoms with Crippen LogP contribution in [0.1, 0.15) is 51.4 Å². The van der Waals surface area contributed by atoms with E-state index in [1.165, 1.54) is 37.6 Å². The molecule has 21 heavy (non-hydrogen) atoms. The minimum absolute atomic E-state index is 0.275. The van der Waals surface area contributed by atoms with Gasteiger partial charge in [0.2, 0.25) is 0 Å². The fourth-order valence-electron chi connectivity index (χ4n) is 1.52. The molecular formula is C16H35BrN2O2. The summed E-state index contributed by atoms with van der Waals surface area (Å²) in [4.78, 5) is 0. The molecule has 0 atom stereocenters. The average molecular weight is 367 g/mol. The predicted molar refractivity (Wildman–Crippen MR) is 93.8 cm³/mol. The van der Waals surface area contributed by atoms with Gasteiger partial charge in [-0.15, -0.1) is 0 Å². The number of rotatable bonds is 10. The third-order valence-electron chi connectivity index (χ3n) is 3.42. The van der Waals surface area contributed by atoms with E-state index >= 15 is 0 Å². The number of unbranched alkanes of at least 4 members (excludes halogenated alkanes) is 2. The van der Waals surface area contributed by atoms with E-state index in [0.717, 1.165) is 44.1 Å². The topological polar surface area (TPSA) is 78.5 Å². The number of alkyl halides is 1. The van der Waals surface area contributed by atoms with Gasteiger partial charge in [0.25, 0.3) is 0 Å². The van der Waals surface area contributed by atoms with Gasteiger partial charge in [-0.2, -0.15) is 0 Å². The molecule has 0 aliphatic heterocycles. The van der Waals surface area contributed by atoms with Crippen molar-refractivity contribution in [3.63, 3.8) is 0 Å². The van der Waals surface area contributed by atoms with Gasteiger partial charge in [-0.1, -0.05) is 15.9 Å². The Morgan fingerprint density at radius 2 is 1.48 bits per heavy atom. The summed E-state index contributed by atoms with van der Waals surface area (Å²) in [6, 6.07) is 0. The summed E-state index contributed by atoms with van der Waals surface area (Å²) in [6.45, 7) is 3.59. The Hall–Kier alpha value is 0.320. The fourth-order valence-corrected chi connectivity index (χ4v) is 2.17. The van der Waals surface area contributed by atoms with Crippen molar-refractivity contribution in [2.24, 2.45) is 17.6 Å². The van der Waals surface area contributed by atoms with Crippen molar-refractivity contribution in [3.05, 3.63) is 0 Å². The molecule has 0 aromatic carbocycles. The third-order valence-corrected chi connectivity index (χ3v) is 4.33. The first-order valence-corrected chi connectivity index (χ1v) is 9.59. The van der Waals surface area contributed by atoms with E-state index in [2.05, 4.69) is 21.2 Å². The van der Waals surface area contributed by atoms with Gasteiger partial charge in [-0.05, 0) is 82.8 Å². The Morgan fingerprint density at radius 3 is 1.81 bits per heavy atom. The van der Waals surface area contributed by atoms with Crippen LogP contribution >= 0.6 is 15.9 Å². The number of halogens is 1. The van der Waals surface area contributed by atoms with Crippen molar-refractivity contribution < 1.29 is 10.2 Å². The van der Waals surface area contributed by atoms with Crippen LogP contribution in [-0.2, 0) is 0 Å². The lowest BCUT2D eigenvalue weighted by Crippen LogP contribution is -2.18. The number of nitrogens with one attached hydrogen (secondary N) is 1. The molecule has 0 unspecified atom stereocenters. The highest BCUT2D eigenvalue weighted by molar-refractivity contribution is 9.09. The molecule has 0 spiro atoms. The molecule has 0 aromatic rings. The van der Waals surface area contributed by atoms with E-state index in [-0.39, 0.29) is 6.61 Å². The smallest absolute Gasteiger partial charge is 0.0431 e. The maximum atomic E-state index is 8.46. The molecule has 128 valence electrons. The highest BCUT2D eigenvalue weighted by atomic mass is 79.9. The van der Waals surface area contributed by atoms with Gasteiger partial charge in [-0.3, -0.25) is 0 Å². The zero-order valence-electron chi connectivity index (χ0n) is 13.4. The second kappa shape index (κ2) is 16.7. The van der Waals surface area contributed by atoms with Crippen LogP contribution in [0, 0.1) is 11.8 Å². The SMILES string of the molecule is BrCC1CC1.NCCCCO.OCCCCNCC1CC1. The van der Waals surface area contributed by atoms with Crippen LogP contribution in [0.4, 0.5) is 0 Å². The first kappa shape index (κ1) is 21.3. The second-order valence-electron chi connectivity index (χ2n) is 5.90. The van der Waals surface area contributed by atoms with Gasteiger partial charge in [0.1, 0.15) is 0 Å². The maximum absolute atomic E-state index is 8.46. The van der Waals surface area contributed by atoms with Crippen LogP contribution in [0.3, 0.4) is 0 Å². The Kier molecular flexibility index (Phi) is 16.9. The van der Waals surface area contributed by atoms with Crippen molar-refractivity contribution in [2.75, 3.05) is 38.2 Å². The van der Waals surface area contributed by atoms with Crippen LogP contribution in [-0.4, -0.2) is 48.4 Å². The number of hydrogen-bond donors (Lipinski definition) is 4. The highest BCUT2D eigenvalue weighted by Crippen LogP contribution is 2.30. The first-order valence-electron chi connectivity index (χ1n) is 8.46. The lowest BCUT2D eigenvalue weighted by atomic mass is 10.3. The minimum Gasteiger partial charge on any atom is -0.396 e. The van der Waals surface area contributed by atoms with E-state index in [1.54, 1.807) is 0 Å². The van der Waals surface area contributed by atoms with Gasteiger partial charge in [0.05, 0.1) is 0 Å². The number of nitrogens with two attached hydrogens (primary N) is 1. The lowest BCUT2D eigenvalue weighted by Gasteiger charge is -2.00. The molecule has 4 nitrogen and oxygen atoms in total. The van der Waals surface area contributed by atoms with E-state index in [4.69, 9.17) is 15.9 Å². The molecule has 0 amide bonds. The van der Waals surface area contributed by atoms with E-state index < -0.39 is 0 Å². The van der Waals surface area contributed by atoms with Crippen LogP contribution in [0.2, 0.25) is 0 Å². The minimum atomic E-state index is 0.275. The second-order valence-corrected chi connectivity index (χ2v) is 6.54. The third kappa shape index (κ3) is 20.3. The molecule has 5 heteroatoms. The molecule has 2 fully saturated rings. The van der Waals surface area contributed by atoms with Gasteiger partial charge < -0.3 is 21.3 Å². The summed E-state index contributed by atoms with van der Waals surface area (Å²) in [5, 5.41) is 21.2. The molecule has 0 radical (unpaired) electrons. The van der Waals surface area contributed by atoms with Crippen LogP contribution in [0.15, 0.2) is 0 Å². The number of hydrogen-bond acceptors (Lipinski definition) is 4. The zero-order valence-corrected chi connectivity index (χ0v) is 15.0. The van der Waals surface area contributed by atoms with E-state index in [1.807, 2.05) is 0 Å². The monoisotopic (exact) mass is 366 g/mol. The van der Waals surface area contributed by atoms with Crippen LogP contribution in [0.5, 0.6) is 0 Å². The quantitative estimate of drug-likeness (QED) is 0.353. The van der Waals surface area contributed by atoms with Crippen LogP contribution in [0.25, 0.3) is 0 Å². The van der Waals surface area contributed by atoms with Crippen molar-refractivity contribution in [3.8, 4) is 0 Å². The van der Waals surface area contributed by atoms with Gasteiger partial charge in [-0.25, -0.2) is 0 Å². The average Bonchev–Trinajstić information content (AvgIpc) is 3.40. The molecule has 2 aliphatic rings. The van der Waals surface area contributed by atoms with E-state index in [9.17, 15) is 0 Å². The fraction of sp³-hybridized carbons (Fsp3) is 1.00. The van der Waals surface area contributed by atoms with Crippen LogP contribution < -0.4 is 11.1 Å². The van der Waals surface area contributed by atoms with Crippen molar-refractivity contribution >= 4 is 15.9 Å². The molecule has 2 rings (SSSR count). The van der Waals surface area contributed by atoms with E-state index in [0.29, 0.717) is 13.2 Å². The molecular weight excluding hydrogens is 332 g/mol. The summed E-state index contributed by atoms with van der Waals surface area (Å²) in [6.07, 6.45) is 9.62. The Bertz CT molecular complexity index is 197. The summed E-state index contributed by atoms with van der Waals surface area (Å²) in [7, 11) is 0. The van der Waals surface area contributed by atoms with Crippen molar-refractivity contribution in [1.29, 1.82) is 0 Å². The lowest BCUT2D eigenvalue weighted by molar-refractivity contribution is 0.283. The van der Waals surface area contributed by atoms with Crippen molar-refractivity contribution in [1.82, 2.24) is 5.32 Å². The van der Waals surface area contributed by atoms with Gasteiger partial charge >= 0.3 is 0 Å². The normalized spacial score (nSPS) is 16.6. The Labute approximate surface area is 139 Å². The van der Waals surface area contributed by atoms with Gasteiger partial charge in [0, 0.05) is 18.5 Å². The summed E-state index contributed by atoms with van der Waals surface area (Å²) in [5.41, 5.74) is 5.10. The molecule has 5 N–H and O–H groups in total. The Morgan fingerprint density at radius 1 is 0.905 bits per heavy atom. The first-order chi connectivity index (χ1) is 10.3. The number of aliphatic hydroxyl groups is 2. The molecule has 0 saturated heterocycles. The largest absolute Gasteiger partial charge is 0.396 e. The summed E-state index contributed by atoms with van der Waals surface area (Å²) in [5.74, 6) is 2.03. The number of aliphatic hydroxyl groups excluding tert-OH is 2. The molecule has 0 bridgehead atoms. The standard InChI is InChI=1S/C8H17NO.C4H7Br.C4H11NO/c10-6-2-1-5-9-7-8-3-4-8;5-3-4-1-2-4;5-3-1-2-4-6/h8-10H,1-7H2;4H,1-3H2;6H,1-5H2. The van der Waals surface area contributed by atoms with Crippen molar-refractivity contribution in [2.45, 2.75) is 51.4 Å². The highest BCUT2D eigenvalue weighted by Gasteiger charge is 2.19.